The van der Waals surface area contributed by atoms with Crippen molar-refractivity contribution < 1.29 is 19.4 Å². The molecule has 0 bridgehead atoms. The van der Waals surface area contributed by atoms with E-state index < -0.39 is 0 Å². The molecular weight excluding hydrogens is 260 g/mol. The van der Waals surface area contributed by atoms with Crippen molar-refractivity contribution in [2.24, 2.45) is 11.8 Å². The maximum Gasteiger partial charge on any atom is 0.273 e. The fraction of sp³-hybridized carbons (Fsp3) is 0.571. The fourth-order valence-corrected chi connectivity index (χ4v) is 3.23. The molecule has 6 heteroatoms. The van der Waals surface area contributed by atoms with Gasteiger partial charge in [0.2, 0.25) is 0 Å². The maximum absolute atomic E-state index is 12.2. The van der Waals surface area contributed by atoms with Crippen LogP contribution < -0.4 is 5.32 Å². The molecule has 20 heavy (non-hydrogen) atoms. The van der Waals surface area contributed by atoms with Gasteiger partial charge in [0.05, 0.1) is 12.7 Å². The van der Waals surface area contributed by atoms with Crippen molar-refractivity contribution >= 4 is 5.91 Å². The Morgan fingerprint density at radius 2 is 2.50 bits per heavy atom. The summed E-state index contributed by atoms with van der Waals surface area (Å²) >= 11 is 0. The number of amides is 1. The Hall–Kier alpha value is -1.66. The summed E-state index contributed by atoms with van der Waals surface area (Å²) in [5.74, 6) is 0.0543. The third-order valence-electron chi connectivity index (χ3n) is 4.19. The van der Waals surface area contributed by atoms with Crippen molar-refractivity contribution in [2.45, 2.75) is 18.6 Å². The molecule has 3 rings (SSSR count). The van der Waals surface area contributed by atoms with Crippen LogP contribution in [0, 0.1) is 11.8 Å². The zero-order valence-electron chi connectivity index (χ0n) is 11.3. The minimum Gasteiger partial charge on any atom is -0.505 e. The van der Waals surface area contributed by atoms with Crippen molar-refractivity contribution in [2.75, 3.05) is 20.3 Å². The molecule has 1 aliphatic heterocycles. The summed E-state index contributed by atoms with van der Waals surface area (Å²) in [6.45, 7) is 1.29. The number of fused-ring (bicyclic) bond motifs is 1. The van der Waals surface area contributed by atoms with E-state index in [9.17, 15) is 9.90 Å². The first-order valence-corrected chi connectivity index (χ1v) is 6.77. The monoisotopic (exact) mass is 278 g/mol. The summed E-state index contributed by atoms with van der Waals surface area (Å²) in [6.07, 6.45) is 2.62. The summed E-state index contributed by atoms with van der Waals surface area (Å²) in [5, 5.41) is 12.6. The molecule has 1 saturated carbocycles. The van der Waals surface area contributed by atoms with Gasteiger partial charge in [-0.05, 0) is 18.6 Å². The Balaban J connectivity index is 1.70. The molecule has 1 aromatic rings. The number of nitrogens with zero attached hydrogens (tertiary/aromatic N) is 1. The largest absolute Gasteiger partial charge is 0.505 e. The van der Waals surface area contributed by atoms with Crippen LogP contribution in [0.25, 0.3) is 0 Å². The van der Waals surface area contributed by atoms with Crippen LogP contribution in [0.3, 0.4) is 0 Å². The van der Waals surface area contributed by atoms with Crippen LogP contribution in [0.5, 0.6) is 5.75 Å². The van der Waals surface area contributed by atoms with Crippen LogP contribution in [0.1, 0.15) is 16.9 Å². The van der Waals surface area contributed by atoms with Crippen molar-refractivity contribution in [3.05, 3.63) is 24.0 Å². The maximum atomic E-state index is 12.2. The third-order valence-corrected chi connectivity index (χ3v) is 4.19. The molecule has 1 aromatic heterocycles. The molecule has 0 aromatic carbocycles. The normalized spacial score (nSPS) is 31.4. The van der Waals surface area contributed by atoms with Gasteiger partial charge in [0.1, 0.15) is 5.75 Å². The van der Waals surface area contributed by atoms with E-state index in [4.69, 9.17) is 9.47 Å². The van der Waals surface area contributed by atoms with Crippen molar-refractivity contribution in [1.29, 1.82) is 0 Å². The van der Waals surface area contributed by atoms with Crippen molar-refractivity contribution in [1.82, 2.24) is 10.3 Å². The van der Waals surface area contributed by atoms with Gasteiger partial charge in [-0.15, -0.1) is 0 Å². The number of aromatic nitrogens is 1. The Kier molecular flexibility index (Phi) is 3.58. The van der Waals surface area contributed by atoms with E-state index in [0.717, 1.165) is 13.0 Å². The van der Waals surface area contributed by atoms with Gasteiger partial charge in [0, 0.05) is 37.8 Å². The number of carbonyl (C=O) groups is 1. The highest BCUT2D eigenvalue weighted by Crippen LogP contribution is 2.43. The molecule has 0 unspecified atom stereocenters. The molecule has 2 N–H and O–H groups in total. The van der Waals surface area contributed by atoms with Gasteiger partial charge in [0.25, 0.3) is 5.91 Å². The number of nitrogens with one attached hydrogen (secondary N) is 1. The van der Waals surface area contributed by atoms with Crippen LogP contribution in [-0.2, 0) is 9.47 Å². The van der Waals surface area contributed by atoms with Crippen LogP contribution in [-0.4, -0.2) is 48.5 Å². The van der Waals surface area contributed by atoms with Crippen LogP contribution >= 0.6 is 0 Å². The Labute approximate surface area is 117 Å². The lowest BCUT2D eigenvalue weighted by atomic mass is 9.67. The van der Waals surface area contributed by atoms with Crippen molar-refractivity contribution in [3.63, 3.8) is 0 Å². The Morgan fingerprint density at radius 1 is 1.65 bits per heavy atom. The molecule has 2 aliphatic rings. The quantitative estimate of drug-likeness (QED) is 0.841. The molecule has 0 radical (unpaired) electrons. The lowest BCUT2D eigenvalue weighted by molar-refractivity contribution is -0.0810. The van der Waals surface area contributed by atoms with E-state index in [1.165, 1.54) is 12.3 Å². The number of rotatable bonds is 4. The zero-order chi connectivity index (χ0) is 14.1. The van der Waals surface area contributed by atoms with Gasteiger partial charge >= 0.3 is 0 Å². The smallest absolute Gasteiger partial charge is 0.273 e. The standard InChI is InChI=1S/C14H18N2O4/c1-19-7-9-11(8-4-6-20-13(8)9)16-14(18)12-10(17)3-2-5-15-12/h2-3,5,8-9,11,13,17H,4,6-7H2,1H3,(H,16,18)/t8-,9+,11+,13-/m1/s1. The summed E-state index contributed by atoms with van der Waals surface area (Å²) in [7, 11) is 1.64. The van der Waals surface area contributed by atoms with Crippen LogP contribution in [0.4, 0.5) is 0 Å². The SMILES string of the molecule is COC[C@H]1[C@@H](NC(=O)c2ncccc2O)[C@H]2CCO[C@H]21. The highest BCUT2D eigenvalue weighted by molar-refractivity contribution is 5.95. The van der Waals surface area contributed by atoms with E-state index in [1.54, 1.807) is 13.2 Å². The topological polar surface area (TPSA) is 80.7 Å². The molecule has 1 saturated heterocycles. The summed E-state index contributed by atoms with van der Waals surface area (Å²) in [6, 6.07) is 3.07. The average molecular weight is 278 g/mol. The number of hydrogen-bond donors (Lipinski definition) is 2. The van der Waals surface area contributed by atoms with Gasteiger partial charge < -0.3 is 19.9 Å². The molecule has 2 heterocycles. The van der Waals surface area contributed by atoms with Gasteiger partial charge in [-0.2, -0.15) is 0 Å². The van der Waals surface area contributed by atoms with E-state index in [0.29, 0.717) is 12.5 Å². The minimum atomic E-state index is -0.348. The lowest BCUT2D eigenvalue weighted by Gasteiger charge is -2.47. The average Bonchev–Trinajstić information content (AvgIpc) is 2.87. The predicted octanol–water partition coefficient (Wildman–Crippen LogP) is 0.567. The van der Waals surface area contributed by atoms with E-state index in [-0.39, 0.29) is 35.4 Å². The Morgan fingerprint density at radius 3 is 3.25 bits per heavy atom. The number of methoxy groups -OCH3 is 1. The number of aromatic hydroxyl groups is 1. The zero-order valence-corrected chi connectivity index (χ0v) is 11.3. The summed E-state index contributed by atoms with van der Waals surface area (Å²) in [5.41, 5.74) is 0.0611. The van der Waals surface area contributed by atoms with E-state index in [2.05, 4.69) is 10.3 Å². The molecule has 1 amide bonds. The lowest BCUT2D eigenvalue weighted by Crippen LogP contribution is -2.62. The number of pyridine rings is 1. The van der Waals surface area contributed by atoms with Crippen LogP contribution in [0.15, 0.2) is 18.3 Å². The van der Waals surface area contributed by atoms with E-state index in [1.807, 2.05) is 0 Å². The van der Waals surface area contributed by atoms with Gasteiger partial charge in [0.15, 0.2) is 5.69 Å². The molecule has 2 fully saturated rings. The van der Waals surface area contributed by atoms with Crippen LogP contribution in [0.2, 0.25) is 0 Å². The highest BCUT2D eigenvalue weighted by atomic mass is 16.5. The fourth-order valence-electron chi connectivity index (χ4n) is 3.23. The minimum absolute atomic E-state index is 0.0244. The second kappa shape index (κ2) is 5.38. The molecule has 0 spiro atoms. The molecule has 108 valence electrons. The van der Waals surface area contributed by atoms with Crippen molar-refractivity contribution in [3.8, 4) is 5.75 Å². The molecular formula is C14H18N2O4. The molecule has 1 aliphatic carbocycles. The van der Waals surface area contributed by atoms with Gasteiger partial charge in [-0.1, -0.05) is 0 Å². The summed E-state index contributed by atoms with van der Waals surface area (Å²) < 4.78 is 10.9. The molecule has 4 atom stereocenters. The first-order valence-electron chi connectivity index (χ1n) is 6.77. The first kappa shape index (κ1) is 13.3. The number of ether oxygens (including phenoxy) is 2. The number of hydrogen-bond acceptors (Lipinski definition) is 5. The second-order valence-electron chi connectivity index (χ2n) is 5.28. The third kappa shape index (κ3) is 2.14. The van der Waals surface area contributed by atoms with Gasteiger partial charge in [-0.25, -0.2) is 4.98 Å². The summed E-state index contributed by atoms with van der Waals surface area (Å²) in [4.78, 5) is 16.1. The number of carbonyl (C=O) groups excluding carboxylic acids is 1. The Bertz CT molecular complexity index is 508. The first-order chi connectivity index (χ1) is 9.72. The highest BCUT2D eigenvalue weighted by Gasteiger charge is 2.54. The molecule has 6 nitrogen and oxygen atoms in total. The second-order valence-corrected chi connectivity index (χ2v) is 5.28. The van der Waals surface area contributed by atoms with E-state index >= 15 is 0 Å². The van der Waals surface area contributed by atoms with Gasteiger partial charge in [-0.3, -0.25) is 4.79 Å². The predicted molar refractivity (Wildman–Crippen MR) is 70.4 cm³/mol.